The maximum absolute atomic E-state index is 15.9. The van der Waals surface area contributed by atoms with Gasteiger partial charge >= 0.3 is 11.9 Å². The number of halogens is 2. The van der Waals surface area contributed by atoms with Gasteiger partial charge in [0.1, 0.15) is 23.5 Å². The number of aliphatic carboxylic acids is 1. The van der Waals surface area contributed by atoms with Crippen molar-refractivity contribution in [2.45, 2.75) is 96.8 Å². The molecule has 5 rings (SSSR count). The summed E-state index contributed by atoms with van der Waals surface area (Å²) in [5.74, 6) is -7.31. The van der Waals surface area contributed by atoms with Gasteiger partial charge in [0.15, 0.2) is 5.69 Å². The summed E-state index contributed by atoms with van der Waals surface area (Å²) < 4.78 is 49.0. The van der Waals surface area contributed by atoms with Gasteiger partial charge < -0.3 is 24.2 Å². The van der Waals surface area contributed by atoms with Crippen LogP contribution >= 0.6 is 0 Å². The molecule has 2 aliphatic heterocycles. The molecular formula is C32H41F2N3O7. The van der Waals surface area contributed by atoms with Crippen molar-refractivity contribution in [2.24, 2.45) is 23.2 Å². The van der Waals surface area contributed by atoms with Gasteiger partial charge in [-0.05, 0) is 43.7 Å². The quantitative estimate of drug-likeness (QED) is 0.443. The number of alkyl halides is 2. The first kappa shape index (κ1) is 31.8. The van der Waals surface area contributed by atoms with E-state index in [1.165, 1.54) is 12.0 Å². The van der Waals surface area contributed by atoms with Gasteiger partial charge in [-0.15, -0.1) is 0 Å². The normalized spacial score (nSPS) is 31.2. The number of hydrogen-bond donors (Lipinski definition) is 1. The number of carbonyl (C=O) groups is 3. The van der Waals surface area contributed by atoms with E-state index in [9.17, 15) is 19.5 Å². The van der Waals surface area contributed by atoms with Crippen molar-refractivity contribution in [3.8, 4) is 11.6 Å². The summed E-state index contributed by atoms with van der Waals surface area (Å²) >= 11 is 0. The van der Waals surface area contributed by atoms with Crippen LogP contribution in [0.25, 0.3) is 11.0 Å². The highest BCUT2D eigenvalue weighted by molar-refractivity contribution is 5.89. The lowest BCUT2D eigenvalue weighted by Gasteiger charge is -2.34. The summed E-state index contributed by atoms with van der Waals surface area (Å²) in [4.78, 5) is 49.6. The number of methoxy groups -OCH3 is 1. The molecule has 1 aromatic heterocycles. The highest BCUT2D eigenvalue weighted by atomic mass is 19.3. The zero-order valence-corrected chi connectivity index (χ0v) is 26.1. The average molecular weight is 618 g/mol. The number of carboxylic acid groups (broad SMARTS) is 1. The number of hydrogen-bond acceptors (Lipinski definition) is 8. The molecule has 1 N–H and O–H groups in total. The molecular weight excluding hydrogens is 576 g/mol. The van der Waals surface area contributed by atoms with Crippen LogP contribution in [-0.2, 0) is 25.0 Å². The first-order valence-electron chi connectivity index (χ1n) is 15.2. The van der Waals surface area contributed by atoms with Gasteiger partial charge in [-0.2, -0.15) is 8.78 Å². The number of carboxylic acids is 1. The molecule has 0 spiro atoms. The minimum atomic E-state index is -3.40. The average Bonchev–Trinajstić information content (AvgIpc) is 3.45. The van der Waals surface area contributed by atoms with E-state index in [2.05, 4.69) is 9.97 Å². The molecule has 0 radical (unpaired) electrons. The van der Waals surface area contributed by atoms with Crippen molar-refractivity contribution >= 4 is 28.9 Å². The smallest absolute Gasteiger partial charge is 0.326 e. The standard InChI is InChI=1S/C32H41F2N3O7/c1-17-23-16-37(25(17)29(40)41)28(39)20(30(2,3)4)14-24(38)44-31(5)15-18(31)9-7-8-12-32(33,34)26-27(43-23)36-22-13-19(42-6)10-11-21(22)35-26/h10-11,13,17-18,20,23,25H,7-9,12,14-16H2,1-6H3,(H,40,41)/t17-,18-,20-,23+,25+,31-/m1/s1. The van der Waals surface area contributed by atoms with Gasteiger partial charge in [-0.1, -0.05) is 34.1 Å². The molecule has 2 fully saturated rings. The van der Waals surface area contributed by atoms with E-state index in [0.717, 1.165) is 0 Å². The number of aromatic nitrogens is 2. The molecule has 1 amide bonds. The third kappa shape index (κ3) is 6.17. The van der Waals surface area contributed by atoms with E-state index in [4.69, 9.17) is 14.2 Å². The van der Waals surface area contributed by atoms with Crippen molar-refractivity contribution in [2.75, 3.05) is 13.7 Å². The summed E-state index contributed by atoms with van der Waals surface area (Å²) in [6.07, 6.45) is 0.240. The fraction of sp³-hybridized carbons (Fsp3) is 0.656. The van der Waals surface area contributed by atoms with Crippen LogP contribution in [-0.4, -0.2) is 69.2 Å². The third-order valence-electron chi connectivity index (χ3n) is 9.49. The minimum absolute atomic E-state index is 0.0358. The fourth-order valence-corrected chi connectivity index (χ4v) is 6.55. The van der Waals surface area contributed by atoms with Crippen LogP contribution in [0.3, 0.4) is 0 Å². The van der Waals surface area contributed by atoms with Crippen molar-refractivity contribution in [3.05, 3.63) is 23.9 Å². The minimum Gasteiger partial charge on any atom is -0.497 e. The lowest BCUT2D eigenvalue weighted by atomic mass is 9.77. The zero-order chi connectivity index (χ0) is 32.2. The van der Waals surface area contributed by atoms with E-state index >= 15 is 8.78 Å². The number of rotatable bonds is 2. The molecule has 3 aliphatic rings. The number of carbonyl (C=O) groups excluding carboxylic acids is 2. The Morgan fingerprint density at radius 3 is 2.55 bits per heavy atom. The second-order valence-corrected chi connectivity index (χ2v) is 13.8. The van der Waals surface area contributed by atoms with E-state index < -0.39 is 76.8 Å². The van der Waals surface area contributed by atoms with Crippen LogP contribution in [0.2, 0.25) is 0 Å². The zero-order valence-electron chi connectivity index (χ0n) is 26.1. The summed E-state index contributed by atoms with van der Waals surface area (Å²) in [5.41, 5.74) is -1.53. The molecule has 240 valence electrons. The van der Waals surface area contributed by atoms with Gasteiger partial charge in [0, 0.05) is 24.3 Å². The van der Waals surface area contributed by atoms with Gasteiger partial charge in [0.05, 0.1) is 37.0 Å². The van der Waals surface area contributed by atoms with Gasteiger partial charge in [0.2, 0.25) is 11.8 Å². The van der Waals surface area contributed by atoms with Crippen LogP contribution in [0.5, 0.6) is 11.6 Å². The molecule has 0 unspecified atom stereocenters. The maximum Gasteiger partial charge on any atom is 0.326 e. The van der Waals surface area contributed by atoms with Gasteiger partial charge in [-0.3, -0.25) is 9.59 Å². The second kappa shape index (κ2) is 11.4. The maximum atomic E-state index is 15.9. The van der Waals surface area contributed by atoms with Gasteiger partial charge in [0.25, 0.3) is 5.92 Å². The topological polar surface area (TPSA) is 128 Å². The van der Waals surface area contributed by atoms with E-state index in [1.54, 1.807) is 25.1 Å². The van der Waals surface area contributed by atoms with E-state index in [-0.39, 0.29) is 36.3 Å². The highest BCUT2D eigenvalue weighted by Gasteiger charge is 2.55. The molecule has 12 heteroatoms. The number of amides is 1. The molecule has 2 aromatic rings. The molecule has 6 atom stereocenters. The molecule has 1 saturated heterocycles. The van der Waals surface area contributed by atoms with Crippen molar-refractivity contribution in [1.29, 1.82) is 0 Å². The van der Waals surface area contributed by atoms with Crippen molar-refractivity contribution < 1.29 is 42.5 Å². The van der Waals surface area contributed by atoms with Gasteiger partial charge in [-0.25, -0.2) is 14.8 Å². The Bertz CT molecular complexity index is 1460. The summed E-state index contributed by atoms with van der Waals surface area (Å²) in [6.45, 7) is 8.67. The largest absolute Gasteiger partial charge is 0.497 e. The molecule has 1 aliphatic carbocycles. The number of esters is 1. The van der Waals surface area contributed by atoms with Crippen LogP contribution < -0.4 is 9.47 Å². The lowest BCUT2D eigenvalue weighted by molar-refractivity contribution is -0.159. The van der Waals surface area contributed by atoms with Crippen LogP contribution in [0.4, 0.5) is 8.78 Å². The lowest BCUT2D eigenvalue weighted by Crippen LogP contribution is -2.48. The molecule has 1 aromatic carbocycles. The molecule has 1 saturated carbocycles. The predicted molar refractivity (Wildman–Crippen MR) is 155 cm³/mol. The Hall–Kier alpha value is -3.57. The summed E-state index contributed by atoms with van der Waals surface area (Å²) in [7, 11) is 1.47. The Morgan fingerprint density at radius 2 is 1.89 bits per heavy atom. The Labute approximate surface area is 255 Å². The van der Waals surface area contributed by atoms with E-state index in [1.807, 2.05) is 27.7 Å². The fourth-order valence-electron chi connectivity index (χ4n) is 6.55. The summed E-state index contributed by atoms with van der Waals surface area (Å²) in [5, 5.41) is 10.2. The molecule has 10 nitrogen and oxygen atoms in total. The Balaban J connectivity index is 1.58. The monoisotopic (exact) mass is 617 g/mol. The number of nitrogens with zero attached hydrogens (tertiary/aromatic N) is 3. The Kier molecular flexibility index (Phi) is 8.26. The first-order valence-corrected chi connectivity index (χ1v) is 15.2. The highest BCUT2D eigenvalue weighted by Crippen LogP contribution is 2.51. The van der Waals surface area contributed by atoms with Crippen LogP contribution in [0.15, 0.2) is 18.2 Å². The Morgan fingerprint density at radius 1 is 1.16 bits per heavy atom. The number of benzene rings is 1. The SMILES string of the molecule is COc1ccc2nc3c(nc2c1)O[C@H]1CN(C(=O)[C@H](C(C)(C)C)CC(=O)O[C@]2(C)C[C@H]2CCCCC3(F)F)[C@H](C(=O)O)[C@@H]1C. The molecule has 3 heterocycles. The summed E-state index contributed by atoms with van der Waals surface area (Å²) in [6, 6.07) is 3.40. The second-order valence-electron chi connectivity index (χ2n) is 13.8. The molecule has 2 bridgehead atoms. The van der Waals surface area contributed by atoms with Crippen LogP contribution in [0.1, 0.15) is 78.8 Å². The third-order valence-corrected chi connectivity index (χ3v) is 9.49. The number of fused-ring (bicyclic) bond motifs is 5. The predicted octanol–water partition coefficient (Wildman–Crippen LogP) is 5.36. The molecule has 44 heavy (non-hydrogen) atoms. The first-order chi connectivity index (χ1) is 20.5. The van der Waals surface area contributed by atoms with E-state index in [0.29, 0.717) is 25.0 Å². The van der Waals surface area contributed by atoms with Crippen molar-refractivity contribution in [3.63, 3.8) is 0 Å². The van der Waals surface area contributed by atoms with Crippen molar-refractivity contribution in [1.82, 2.24) is 14.9 Å². The van der Waals surface area contributed by atoms with Crippen LogP contribution in [0, 0.1) is 23.2 Å². The number of ether oxygens (including phenoxy) is 3.